The number of Topliss-reactive ketones (excluding diaryl/α,β-unsaturated/α-hetero) is 1. The lowest BCUT2D eigenvalue weighted by atomic mass is 9.96. The van der Waals surface area contributed by atoms with Crippen molar-refractivity contribution in [1.29, 1.82) is 0 Å². The molecule has 0 amide bonds. The number of halogens is 1. The molecule has 4 aromatic heterocycles. The summed E-state index contributed by atoms with van der Waals surface area (Å²) in [6.45, 7) is 5.77. The van der Waals surface area contributed by atoms with Crippen molar-refractivity contribution in [2.24, 2.45) is 5.41 Å². The topological polar surface area (TPSA) is 95.2 Å². The molecule has 8 nitrogen and oxygen atoms in total. The maximum absolute atomic E-state index is 13.2. The fourth-order valence-corrected chi connectivity index (χ4v) is 5.17. The Labute approximate surface area is 221 Å². The molecular weight excluding hydrogens is 520 g/mol. The van der Waals surface area contributed by atoms with E-state index in [9.17, 15) is 14.4 Å². The third kappa shape index (κ3) is 5.45. The lowest BCUT2D eigenvalue weighted by Gasteiger charge is -2.18. The van der Waals surface area contributed by atoms with E-state index in [-0.39, 0.29) is 24.0 Å². The summed E-state index contributed by atoms with van der Waals surface area (Å²) in [7, 11) is 1.39. The van der Waals surface area contributed by atoms with Crippen LogP contribution in [0.2, 0.25) is 4.34 Å². The first-order valence-corrected chi connectivity index (χ1v) is 13.2. The number of carbonyl (C=O) groups excluding carboxylic acids is 2. The van der Waals surface area contributed by atoms with E-state index < -0.39 is 11.0 Å². The molecule has 1 N–H and O–H groups in total. The van der Waals surface area contributed by atoms with Gasteiger partial charge in [-0.05, 0) is 29.6 Å². The summed E-state index contributed by atoms with van der Waals surface area (Å²) in [4.78, 5) is 39.8. The fraction of sp³-hybridized carbons (Fsp3) is 0.280. The SMILES string of the molecule is COc1c(-c2cc(NCc3ccc(Cl)s3)n(C(=O)C(C)(C)C)n2)ccn(CC(=O)c2ccsc2)c1=O. The van der Waals surface area contributed by atoms with Gasteiger partial charge in [0.1, 0.15) is 5.82 Å². The molecule has 0 aliphatic carbocycles. The first-order valence-electron chi connectivity index (χ1n) is 11.0. The van der Waals surface area contributed by atoms with E-state index >= 15 is 0 Å². The minimum absolute atomic E-state index is 0.0417. The standard InChI is InChI=1S/C25H25ClN4O4S2/c1-25(2,3)24(33)30-21(27-12-16-5-6-20(26)36-16)11-18(28-30)17-7-9-29(23(32)22(17)34-4)13-19(31)15-8-10-35-14-15/h5-11,14,27H,12-13H2,1-4H3. The van der Waals surface area contributed by atoms with E-state index in [1.165, 1.54) is 45.2 Å². The van der Waals surface area contributed by atoms with Crippen molar-refractivity contribution in [2.75, 3.05) is 12.4 Å². The average molecular weight is 545 g/mol. The highest BCUT2D eigenvalue weighted by Crippen LogP contribution is 2.31. The van der Waals surface area contributed by atoms with Crippen LogP contribution < -0.4 is 15.6 Å². The highest BCUT2D eigenvalue weighted by atomic mass is 35.5. The Morgan fingerprint density at radius 2 is 1.97 bits per heavy atom. The predicted octanol–water partition coefficient (Wildman–Crippen LogP) is 5.68. The Kier molecular flexibility index (Phi) is 7.49. The van der Waals surface area contributed by atoms with Crippen LogP contribution in [0.3, 0.4) is 0 Å². The molecule has 36 heavy (non-hydrogen) atoms. The number of anilines is 1. The van der Waals surface area contributed by atoms with Crippen LogP contribution in [0.1, 0.15) is 40.8 Å². The molecule has 0 saturated carbocycles. The highest BCUT2D eigenvalue weighted by Gasteiger charge is 2.28. The van der Waals surface area contributed by atoms with Crippen LogP contribution in [0.5, 0.6) is 5.75 Å². The zero-order chi connectivity index (χ0) is 26.0. The number of aromatic nitrogens is 3. The normalized spacial score (nSPS) is 11.5. The van der Waals surface area contributed by atoms with E-state index in [0.717, 1.165) is 4.88 Å². The first kappa shape index (κ1) is 25.9. The van der Waals surface area contributed by atoms with Gasteiger partial charge in [0.05, 0.1) is 35.8 Å². The largest absolute Gasteiger partial charge is 0.491 e. The summed E-state index contributed by atoms with van der Waals surface area (Å²) < 4.78 is 8.74. The van der Waals surface area contributed by atoms with Gasteiger partial charge in [0.2, 0.25) is 0 Å². The summed E-state index contributed by atoms with van der Waals surface area (Å²) in [6, 6.07) is 8.82. The van der Waals surface area contributed by atoms with Gasteiger partial charge in [-0.15, -0.1) is 11.3 Å². The molecule has 0 aliphatic rings. The molecule has 0 aliphatic heterocycles. The summed E-state index contributed by atoms with van der Waals surface area (Å²) >= 11 is 8.90. The van der Waals surface area contributed by atoms with E-state index in [4.69, 9.17) is 16.3 Å². The Hall–Kier alpha value is -3.21. The number of ether oxygens (including phenoxy) is 1. The smallest absolute Gasteiger partial charge is 0.293 e. The molecule has 188 valence electrons. The van der Waals surface area contributed by atoms with Gasteiger partial charge in [-0.1, -0.05) is 32.4 Å². The minimum atomic E-state index is -0.693. The molecule has 0 spiro atoms. The third-order valence-corrected chi connectivity index (χ3v) is 7.29. The van der Waals surface area contributed by atoms with Gasteiger partial charge in [-0.2, -0.15) is 21.1 Å². The van der Waals surface area contributed by atoms with E-state index in [0.29, 0.717) is 33.5 Å². The molecule has 4 rings (SSSR count). The monoisotopic (exact) mass is 544 g/mol. The second kappa shape index (κ2) is 10.4. The number of nitrogens with zero attached hydrogens (tertiary/aromatic N) is 3. The molecule has 0 radical (unpaired) electrons. The van der Waals surface area contributed by atoms with Gasteiger partial charge < -0.3 is 14.6 Å². The van der Waals surface area contributed by atoms with Gasteiger partial charge in [0.15, 0.2) is 11.5 Å². The van der Waals surface area contributed by atoms with Crippen molar-refractivity contribution in [2.45, 2.75) is 33.9 Å². The summed E-state index contributed by atoms with van der Waals surface area (Å²) in [5, 5.41) is 11.3. The zero-order valence-electron chi connectivity index (χ0n) is 20.2. The molecule has 0 saturated heterocycles. The number of methoxy groups -OCH3 is 1. The quantitative estimate of drug-likeness (QED) is 0.287. The van der Waals surface area contributed by atoms with Crippen LogP contribution in [-0.2, 0) is 13.1 Å². The molecule has 0 unspecified atom stereocenters. The fourth-order valence-electron chi connectivity index (χ4n) is 3.48. The van der Waals surface area contributed by atoms with Gasteiger partial charge in [0, 0.05) is 33.5 Å². The Morgan fingerprint density at radius 1 is 1.19 bits per heavy atom. The highest BCUT2D eigenvalue weighted by molar-refractivity contribution is 7.16. The van der Waals surface area contributed by atoms with Crippen molar-refractivity contribution in [1.82, 2.24) is 14.3 Å². The van der Waals surface area contributed by atoms with Crippen molar-refractivity contribution >= 4 is 51.8 Å². The molecule has 0 bridgehead atoms. The second-order valence-electron chi connectivity index (χ2n) is 9.07. The van der Waals surface area contributed by atoms with Crippen molar-refractivity contribution < 1.29 is 14.3 Å². The van der Waals surface area contributed by atoms with Gasteiger partial charge in [-0.3, -0.25) is 14.4 Å². The number of rotatable bonds is 8. The first-order chi connectivity index (χ1) is 17.1. The Morgan fingerprint density at radius 3 is 2.58 bits per heavy atom. The summed E-state index contributed by atoms with van der Waals surface area (Å²) in [6.07, 6.45) is 1.54. The van der Waals surface area contributed by atoms with Crippen molar-refractivity contribution in [3.8, 4) is 17.0 Å². The lowest BCUT2D eigenvalue weighted by Crippen LogP contribution is -2.29. The maximum atomic E-state index is 13.2. The maximum Gasteiger partial charge on any atom is 0.293 e. The number of pyridine rings is 1. The van der Waals surface area contributed by atoms with Crippen LogP contribution in [0, 0.1) is 5.41 Å². The zero-order valence-corrected chi connectivity index (χ0v) is 22.6. The van der Waals surface area contributed by atoms with Crippen LogP contribution >= 0.6 is 34.3 Å². The lowest BCUT2D eigenvalue weighted by molar-refractivity contribution is 0.0752. The van der Waals surface area contributed by atoms with Crippen LogP contribution in [0.25, 0.3) is 11.3 Å². The number of hydrogen-bond donors (Lipinski definition) is 1. The Bertz CT molecular complexity index is 1460. The Balaban J connectivity index is 1.70. The van der Waals surface area contributed by atoms with Crippen LogP contribution in [0.15, 0.2) is 52.1 Å². The predicted molar refractivity (Wildman–Crippen MR) is 144 cm³/mol. The third-order valence-electron chi connectivity index (χ3n) is 5.37. The van der Waals surface area contributed by atoms with E-state index in [2.05, 4.69) is 10.4 Å². The summed E-state index contributed by atoms with van der Waals surface area (Å²) in [5.74, 6) is 0.135. The molecule has 0 fully saturated rings. The van der Waals surface area contributed by atoms with Crippen molar-refractivity contribution in [3.63, 3.8) is 0 Å². The number of hydrogen-bond acceptors (Lipinski definition) is 8. The molecule has 0 atom stereocenters. The number of thiophene rings is 2. The van der Waals surface area contributed by atoms with Crippen LogP contribution in [-0.4, -0.2) is 33.1 Å². The molecule has 0 aromatic carbocycles. The number of ketones is 1. The van der Waals surface area contributed by atoms with Gasteiger partial charge >= 0.3 is 0 Å². The van der Waals surface area contributed by atoms with Crippen LogP contribution in [0.4, 0.5) is 5.82 Å². The molecular formula is C25H25ClN4O4S2. The van der Waals surface area contributed by atoms with Crippen molar-refractivity contribution in [3.05, 3.63) is 72.4 Å². The minimum Gasteiger partial charge on any atom is -0.491 e. The van der Waals surface area contributed by atoms with E-state index in [1.54, 1.807) is 23.6 Å². The molecule has 11 heteroatoms. The summed E-state index contributed by atoms with van der Waals surface area (Å²) in [5.41, 5.74) is 0.214. The van der Waals surface area contributed by atoms with Gasteiger partial charge in [-0.25, -0.2) is 0 Å². The van der Waals surface area contributed by atoms with Gasteiger partial charge in [0.25, 0.3) is 11.5 Å². The number of carbonyl (C=O) groups is 2. The van der Waals surface area contributed by atoms with E-state index in [1.807, 2.05) is 38.3 Å². The average Bonchev–Trinajstić information content (AvgIpc) is 3.59. The number of nitrogens with one attached hydrogen (secondary N) is 1. The molecule has 4 heterocycles. The second-order valence-corrected chi connectivity index (χ2v) is 11.7. The molecule has 4 aromatic rings.